The van der Waals surface area contributed by atoms with E-state index in [1.165, 1.54) is 0 Å². The molecule has 5 nitrogen and oxygen atoms in total. The lowest BCUT2D eigenvalue weighted by Crippen LogP contribution is -2.43. The van der Waals surface area contributed by atoms with Gasteiger partial charge in [0.15, 0.2) is 11.5 Å². The minimum atomic E-state index is -0.168. The topological polar surface area (TPSA) is 57.0 Å². The van der Waals surface area contributed by atoms with Gasteiger partial charge in [0.1, 0.15) is 0 Å². The molecule has 0 spiro atoms. The van der Waals surface area contributed by atoms with Crippen LogP contribution in [0.5, 0.6) is 11.5 Å². The van der Waals surface area contributed by atoms with Crippen LogP contribution in [-0.2, 0) is 4.74 Å². The molecule has 110 valence electrons. The van der Waals surface area contributed by atoms with Crippen molar-refractivity contribution in [3.63, 3.8) is 0 Å². The fraction of sp³-hybridized carbons (Fsp3) is 0.500. The van der Waals surface area contributed by atoms with Crippen molar-refractivity contribution >= 4 is 17.2 Å². The number of hydrogen-bond donors (Lipinski definition) is 1. The van der Waals surface area contributed by atoms with Gasteiger partial charge in [0, 0.05) is 18.7 Å². The molecular weight excluding hydrogens is 276 g/mol. The van der Waals surface area contributed by atoms with E-state index in [0.717, 1.165) is 18.7 Å². The van der Waals surface area contributed by atoms with Crippen molar-refractivity contribution in [1.82, 2.24) is 4.90 Å². The Bertz CT molecular complexity index is 475. The Morgan fingerprint density at radius 2 is 2.00 bits per heavy atom. The quantitative estimate of drug-likeness (QED) is 0.828. The van der Waals surface area contributed by atoms with Gasteiger partial charge in [-0.05, 0) is 6.07 Å². The predicted molar refractivity (Wildman–Crippen MR) is 81.5 cm³/mol. The van der Waals surface area contributed by atoms with Crippen LogP contribution in [0.15, 0.2) is 18.2 Å². The summed E-state index contributed by atoms with van der Waals surface area (Å²) in [6.45, 7) is 2.96. The minimum Gasteiger partial charge on any atom is -0.493 e. The van der Waals surface area contributed by atoms with E-state index < -0.39 is 0 Å². The van der Waals surface area contributed by atoms with Crippen molar-refractivity contribution in [3.8, 4) is 11.5 Å². The molecule has 0 aromatic heterocycles. The summed E-state index contributed by atoms with van der Waals surface area (Å²) in [6.07, 6.45) is 0. The van der Waals surface area contributed by atoms with Crippen LogP contribution >= 0.6 is 12.2 Å². The number of benzene rings is 1. The molecule has 0 bridgehead atoms. The van der Waals surface area contributed by atoms with E-state index in [1.807, 2.05) is 18.2 Å². The largest absolute Gasteiger partial charge is 0.493 e. The standard InChI is InChI=1S/C14H20N2O3S/c1-17-11-5-3-4-10(13(11)18-2)12(14(15)20)16-6-8-19-9-7-16/h3-5,12H,6-9H2,1-2H3,(H2,15,20). The molecule has 1 aliphatic rings. The van der Waals surface area contributed by atoms with Gasteiger partial charge in [0.2, 0.25) is 0 Å². The van der Waals surface area contributed by atoms with Crippen molar-refractivity contribution in [2.24, 2.45) is 5.73 Å². The Morgan fingerprint density at radius 3 is 2.55 bits per heavy atom. The van der Waals surface area contributed by atoms with Gasteiger partial charge < -0.3 is 19.9 Å². The van der Waals surface area contributed by atoms with Crippen molar-refractivity contribution in [3.05, 3.63) is 23.8 Å². The van der Waals surface area contributed by atoms with Gasteiger partial charge in [-0.1, -0.05) is 24.4 Å². The van der Waals surface area contributed by atoms with Gasteiger partial charge in [-0.15, -0.1) is 0 Å². The molecule has 0 saturated carbocycles. The first-order valence-electron chi connectivity index (χ1n) is 6.51. The highest BCUT2D eigenvalue weighted by molar-refractivity contribution is 7.80. The van der Waals surface area contributed by atoms with E-state index in [4.69, 9.17) is 32.2 Å². The van der Waals surface area contributed by atoms with Crippen molar-refractivity contribution in [1.29, 1.82) is 0 Å². The molecule has 1 saturated heterocycles. The summed E-state index contributed by atoms with van der Waals surface area (Å²) in [7, 11) is 3.24. The molecule has 1 aliphatic heterocycles. The number of ether oxygens (including phenoxy) is 3. The van der Waals surface area contributed by atoms with Gasteiger partial charge in [-0.3, -0.25) is 4.90 Å². The molecule has 1 aromatic carbocycles. The molecular formula is C14H20N2O3S. The fourth-order valence-corrected chi connectivity index (χ4v) is 2.77. The number of para-hydroxylation sites is 1. The molecule has 0 amide bonds. The first-order chi connectivity index (χ1) is 9.69. The normalized spacial score (nSPS) is 17.5. The highest BCUT2D eigenvalue weighted by Crippen LogP contribution is 2.37. The maximum absolute atomic E-state index is 5.97. The second-order valence-corrected chi connectivity index (χ2v) is 5.01. The van der Waals surface area contributed by atoms with Crippen LogP contribution in [0.25, 0.3) is 0 Å². The third-order valence-corrected chi connectivity index (χ3v) is 3.63. The molecule has 1 atom stereocenters. The first-order valence-corrected chi connectivity index (χ1v) is 6.92. The molecule has 0 radical (unpaired) electrons. The molecule has 2 rings (SSSR count). The molecule has 1 aromatic rings. The van der Waals surface area contributed by atoms with Crippen molar-refractivity contribution in [2.45, 2.75) is 6.04 Å². The Kier molecular flexibility index (Phi) is 5.17. The fourth-order valence-electron chi connectivity index (χ4n) is 2.49. The van der Waals surface area contributed by atoms with Crippen LogP contribution in [0, 0.1) is 0 Å². The molecule has 1 fully saturated rings. The Labute approximate surface area is 124 Å². The van der Waals surface area contributed by atoms with Crippen LogP contribution in [0.3, 0.4) is 0 Å². The highest BCUT2D eigenvalue weighted by Gasteiger charge is 2.28. The van der Waals surface area contributed by atoms with Crippen LogP contribution in [-0.4, -0.2) is 50.4 Å². The van der Waals surface area contributed by atoms with Gasteiger partial charge in [-0.25, -0.2) is 0 Å². The van der Waals surface area contributed by atoms with Crippen LogP contribution in [0.4, 0.5) is 0 Å². The number of methoxy groups -OCH3 is 2. The van der Waals surface area contributed by atoms with Gasteiger partial charge >= 0.3 is 0 Å². The van der Waals surface area contributed by atoms with Crippen LogP contribution < -0.4 is 15.2 Å². The summed E-state index contributed by atoms with van der Waals surface area (Å²) in [6, 6.07) is 5.58. The van der Waals surface area contributed by atoms with E-state index in [-0.39, 0.29) is 6.04 Å². The minimum absolute atomic E-state index is 0.168. The average Bonchev–Trinajstić information content (AvgIpc) is 2.48. The maximum atomic E-state index is 5.97. The Balaban J connectivity index is 2.40. The third kappa shape index (κ3) is 3.03. The number of rotatable bonds is 5. The lowest BCUT2D eigenvalue weighted by atomic mass is 10.0. The van der Waals surface area contributed by atoms with Crippen molar-refractivity contribution in [2.75, 3.05) is 40.5 Å². The summed E-state index contributed by atoms with van der Waals surface area (Å²) in [4.78, 5) is 2.64. The molecule has 2 N–H and O–H groups in total. The predicted octanol–water partition coefficient (Wildman–Crippen LogP) is 1.36. The van der Waals surface area contributed by atoms with Gasteiger partial charge in [0.25, 0.3) is 0 Å². The third-order valence-electron chi connectivity index (χ3n) is 3.41. The smallest absolute Gasteiger partial charge is 0.165 e. The van der Waals surface area contributed by atoms with Gasteiger partial charge in [-0.2, -0.15) is 0 Å². The first kappa shape index (κ1) is 15.0. The summed E-state index contributed by atoms with van der Waals surface area (Å²) in [5, 5.41) is 0. The zero-order valence-corrected chi connectivity index (χ0v) is 12.6. The Hall–Kier alpha value is -1.37. The molecule has 1 heterocycles. The molecule has 0 aliphatic carbocycles. The zero-order valence-electron chi connectivity index (χ0n) is 11.8. The SMILES string of the molecule is COc1cccc(C(C(N)=S)N2CCOCC2)c1OC. The van der Waals surface area contributed by atoms with E-state index in [2.05, 4.69) is 4.90 Å². The zero-order chi connectivity index (χ0) is 14.5. The van der Waals surface area contributed by atoms with Crippen molar-refractivity contribution < 1.29 is 14.2 Å². The molecule has 1 unspecified atom stereocenters. The second-order valence-electron chi connectivity index (χ2n) is 4.54. The lowest BCUT2D eigenvalue weighted by molar-refractivity contribution is 0.0285. The summed E-state index contributed by atoms with van der Waals surface area (Å²) >= 11 is 5.27. The average molecular weight is 296 g/mol. The summed E-state index contributed by atoms with van der Waals surface area (Å²) in [5.74, 6) is 1.36. The van der Waals surface area contributed by atoms with E-state index >= 15 is 0 Å². The summed E-state index contributed by atoms with van der Waals surface area (Å²) < 4.78 is 16.2. The van der Waals surface area contributed by atoms with E-state index in [9.17, 15) is 0 Å². The Morgan fingerprint density at radius 1 is 1.30 bits per heavy atom. The second kappa shape index (κ2) is 6.88. The number of morpholine rings is 1. The summed E-state index contributed by atoms with van der Waals surface area (Å²) in [5.41, 5.74) is 6.90. The number of thiocarbonyl (C=S) groups is 1. The highest BCUT2D eigenvalue weighted by atomic mass is 32.1. The number of nitrogens with two attached hydrogens (primary N) is 1. The molecule has 20 heavy (non-hydrogen) atoms. The van der Waals surface area contributed by atoms with Crippen LogP contribution in [0.2, 0.25) is 0 Å². The monoisotopic (exact) mass is 296 g/mol. The lowest BCUT2D eigenvalue weighted by Gasteiger charge is -2.34. The van der Waals surface area contributed by atoms with E-state index in [0.29, 0.717) is 29.7 Å². The molecule has 6 heteroatoms. The van der Waals surface area contributed by atoms with Gasteiger partial charge in [0.05, 0.1) is 38.5 Å². The number of hydrogen-bond acceptors (Lipinski definition) is 5. The number of nitrogens with zero attached hydrogens (tertiary/aromatic N) is 1. The van der Waals surface area contributed by atoms with E-state index in [1.54, 1.807) is 14.2 Å². The maximum Gasteiger partial charge on any atom is 0.165 e. The van der Waals surface area contributed by atoms with Crippen LogP contribution in [0.1, 0.15) is 11.6 Å².